The van der Waals surface area contributed by atoms with E-state index >= 15 is 0 Å². The fourth-order valence-corrected chi connectivity index (χ4v) is 1.21. The minimum Gasteiger partial charge on any atom is -0.494 e. The van der Waals surface area contributed by atoms with Crippen molar-refractivity contribution >= 4 is 0 Å². The van der Waals surface area contributed by atoms with Crippen molar-refractivity contribution in [2.45, 2.75) is 19.4 Å². The molecule has 0 aromatic heterocycles. The summed E-state index contributed by atoms with van der Waals surface area (Å²) in [6, 6.07) is 0. The molecule has 3 aliphatic rings. The minimum atomic E-state index is 0.565. The van der Waals surface area contributed by atoms with Crippen molar-refractivity contribution in [2.24, 2.45) is 5.92 Å². The van der Waals surface area contributed by atoms with Crippen LogP contribution in [0.1, 0.15) is 13.3 Å². The van der Waals surface area contributed by atoms with Gasteiger partial charge in [-0.2, -0.15) is 0 Å². The average molecular weight is 96.1 g/mol. The fourth-order valence-electron chi connectivity index (χ4n) is 1.21. The molecular weight excluding hydrogens is 88.1 g/mol. The lowest BCUT2D eigenvalue weighted by molar-refractivity contribution is -0.00638. The summed E-state index contributed by atoms with van der Waals surface area (Å²) in [5.41, 5.74) is 0. The smallest absolute Gasteiger partial charge is 0.111 e. The second-order valence-electron chi connectivity index (χ2n) is 2.29. The topological polar surface area (TPSA) is 9.23 Å². The zero-order valence-corrected chi connectivity index (χ0v) is 4.35. The fraction of sp³-hybridized carbons (Fsp3) is 0.667. The molecule has 7 heavy (non-hydrogen) atoms. The largest absolute Gasteiger partial charge is 0.494 e. The molecule has 2 unspecified atom stereocenters. The zero-order chi connectivity index (χ0) is 4.85. The number of ether oxygens (including phenoxy) is 1. The van der Waals surface area contributed by atoms with Crippen LogP contribution in [0.15, 0.2) is 11.8 Å². The number of rotatable bonds is 0. The molecule has 2 atom stereocenters. The van der Waals surface area contributed by atoms with Gasteiger partial charge in [-0.15, -0.1) is 0 Å². The normalized spacial score (nSPS) is 44.4. The molecule has 2 heterocycles. The van der Waals surface area contributed by atoms with Crippen LogP contribution in [0.5, 0.6) is 0 Å². The predicted molar refractivity (Wildman–Crippen MR) is 26.7 cm³/mol. The van der Waals surface area contributed by atoms with E-state index in [2.05, 4.69) is 13.0 Å². The lowest BCUT2D eigenvalue weighted by Crippen LogP contribution is -2.28. The SMILES string of the molecule is CC1C2=CCC1O2. The van der Waals surface area contributed by atoms with Crippen LogP contribution in [0.4, 0.5) is 0 Å². The van der Waals surface area contributed by atoms with Gasteiger partial charge in [0.15, 0.2) is 0 Å². The van der Waals surface area contributed by atoms with Crippen LogP contribution in [-0.2, 0) is 4.74 Å². The van der Waals surface area contributed by atoms with Crippen molar-refractivity contribution < 1.29 is 4.74 Å². The van der Waals surface area contributed by atoms with E-state index in [1.807, 2.05) is 0 Å². The maximum Gasteiger partial charge on any atom is 0.111 e. The number of hydrogen-bond acceptors (Lipinski definition) is 1. The van der Waals surface area contributed by atoms with Crippen molar-refractivity contribution in [1.29, 1.82) is 0 Å². The summed E-state index contributed by atoms with van der Waals surface area (Å²) < 4.78 is 5.22. The second kappa shape index (κ2) is 0.857. The molecule has 0 N–H and O–H groups in total. The van der Waals surface area contributed by atoms with Crippen LogP contribution < -0.4 is 0 Å². The van der Waals surface area contributed by atoms with E-state index in [1.165, 1.54) is 5.76 Å². The second-order valence-corrected chi connectivity index (χ2v) is 2.29. The molecule has 0 spiro atoms. The highest BCUT2D eigenvalue weighted by Gasteiger charge is 2.38. The molecule has 2 bridgehead atoms. The Morgan fingerprint density at radius 1 is 1.86 bits per heavy atom. The summed E-state index contributed by atoms with van der Waals surface area (Å²) in [6.45, 7) is 2.22. The summed E-state index contributed by atoms with van der Waals surface area (Å²) in [5, 5.41) is 0. The van der Waals surface area contributed by atoms with E-state index in [9.17, 15) is 0 Å². The van der Waals surface area contributed by atoms with Gasteiger partial charge >= 0.3 is 0 Å². The van der Waals surface area contributed by atoms with Gasteiger partial charge in [0.1, 0.15) is 6.10 Å². The van der Waals surface area contributed by atoms with Crippen LogP contribution in [0.2, 0.25) is 0 Å². The molecule has 1 heteroatoms. The molecule has 1 nitrogen and oxygen atoms in total. The van der Waals surface area contributed by atoms with Crippen LogP contribution in [0.25, 0.3) is 0 Å². The number of fused-ring (bicyclic) bond motifs is 1. The Labute approximate surface area is 43.0 Å². The van der Waals surface area contributed by atoms with Crippen LogP contribution in [0.3, 0.4) is 0 Å². The predicted octanol–water partition coefficient (Wildman–Crippen LogP) is 1.31. The lowest BCUT2D eigenvalue weighted by Gasteiger charge is -2.30. The van der Waals surface area contributed by atoms with Gasteiger partial charge in [0.05, 0.1) is 11.7 Å². The van der Waals surface area contributed by atoms with Crippen molar-refractivity contribution in [2.75, 3.05) is 0 Å². The van der Waals surface area contributed by atoms with Gasteiger partial charge in [-0.25, -0.2) is 0 Å². The molecule has 1 saturated heterocycles. The van der Waals surface area contributed by atoms with E-state index in [0.717, 1.165) is 12.3 Å². The van der Waals surface area contributed by atoms with Gasteiger partial charge in [-0.3, -0.25) is 0 Å². The van der Waals surface area contributed by atoms with Gasteiger partial charge in [0.2, 0.25) is 0 Å². The molecule has 0 aromatic rings. The highest BCUT2D eigenvalue weighted by atomic mass is 16.5. The Bertz CT molecular complexity index is 124. The van der Waals surface area contributed by atoms with Crippen molar-refractivity contribution in [1.82, 2.24) is 0 Å². The molecule has 0 amide bonds. The molecular formula is C6H8O. The Balaban J connectivity index is 2.31. The highest BCUT2D eigenvalue weighted by Crippen LogP contribution is 2.40. The van der Waals surface area contributed by atoms with E-state index in [-0.39, 0.29) is 0 Å². The first kappa shape index (κ1) is 3.53. The van der Waals surface area contributed by atoms with Gasteiger partial charge in [-0.05, 0) is 6.08 Å². The van der Waals surface area contributed by atoms with E-state index in [1.54, 1.807) is 0 Å². The molecule has 1 aliphatic carbocycles. The summed E-state index contributed by atoms with van der Waals surface area (Å²) >= 11 is 0. The average Bonchev–Trinajstić information content (AvgIpc) is 2.18. The summed E-state index contributed by atoms with van der Waals surface area (Å²) in [7, 11) is 0. The van der Waals surface area contributed by atoms with Gasteiger partial charge in [-0.1, -0.05) is 6.92 Å². The first-order valence-corrected chi connectivity index (χ1v) is 2.74. The molecule has 3 rings (SSSR count). The van der Waals surface area contributed by atoms with E-state index in [0.29, 0.717) is 6.10 Å². The van der Waals surface area contributed by atoms with Gasteiger partial charge < -0.3 is 4.74 Å². The van der Waals surface area contributed by atoms with Crippen LogP contribution in [-0.4, -0.2) is 6.10 Å². The maximum atomic E-state index is 5.22. The molecule has 2 aliphatic heterocycles. The lowest BCUT2D eigenvalue weighted by atomic mass is 10.0. The monoisotopic (exact) mass is 96.1 g/mol. The van der Waals surface area contributed by atoms with Crippen LogP contribution >= 0.6 is 0 Å². The third-order valence-corrected chi connectivity index (χ3v) is 1.85. The highest BCUT2D eigenvalue weighted by molar-refractivity contribution is 5.17. The summed E-state index contributed by atoms with van der Waals surface area (Å²) in [5.74, 6) is 1.98. The van der Waals surface area contributed by atoms with Crippen LogP contribution in [0, 0.1) is 5.92 Å². The molecule has 1 fully saturated rings. The maximum absolute atomic E-state index is 5.22. The van der Waals surface area contributed by atoms with E-state index in [4.69, 9.17) is 4.74 Å². The van der Waals surface area contributed by atoms with Crippen molar-refractivity contribution in [3.63, 3.8) is 0 Å². The Morgan fingerprint density at radius 2 is 2.71 bits per heavy atom. The van der Waals surface area contributed by atoms with Crippen molar-refractivity contribution in [3.05, 3.63) is 11.8 Å². The third-order valence-electron chi connectivity index (χ3n) is 1.85. The summed E-state index contributed by atoms with van der Waals surface area (Å²) in [6.07, 6.45) is 3.92. The Morgan fingerprint density at radius 3 is 2.86 bits per heavy atom. The number of hydrogen-bond donors (Lipinski definition) is 0. The molecule has 0 radical (unpaired) electrons. The standard InChI is InChI=1S/C6H8O/c1-4-5-2-3-6(4)7-5/h2,4,6H,3H2,1H3. The Hall–Kier alpha value is -0.460. The van der Waals surface area contributed by atoms with Gasteiger partial charge in [0.25, 0.3) is 0 Å². The minimum absolute atomic E-state index is 0.565. The van der Waals surface area contributed by atoms with Gasteiger partial charge in [0, 0.05) is 6.42 Å². The van der Waals surface area contributed by atoms with Crippen molar-refractivity contribution in [3.8, 4) is 0 Å². The first-order valence-electron chi connectivity index (χ1n) is 2.74. The third kappa shape index (κ3) is 0.254. The quantitative estimate of drug-likeness (QED) is 0.441. The summed E-state index contributed by atoms with van der Waals surface area (Å²) in [4.78, 5) is 0. The molecule has 0 aromatic carbocycles. The zero-order valence-electron chi connectivity index (χ0n) is 4.35. The van der Waals surface area contributed by atoms with E-state index < -0.39 is 0 Å². The Kier molecular flexibility index (Phi) is 0.432. The first-order chi connectivity index (χ1) is 3.38. The molecule has 0 saturated carbocycles. The molecule has 38 valence electrons.